The molecule has 110 valence electrons. The fraction of sp³-hybridized carbons (Fsp3) is 0.533. The lowest BCUT2D eigenvalue weighted by Crippen LogP contribution is -2.59. The van der Waals surface area contributed by atoms with Crippen molar-refractivity contribution in [3.63, 3.8) is 0 Å². The molecule has 0 atom stereocenters. The third-order valence-electron chi connectivity index (χ3n) is 3.83. The molecular formula is C15H22BrN3O. The van der Waals surface area contributed by atoms with Crippen LogP contribution in [0.15, 0.2) is 28.7 Å². The first-order valence-electron chi connectivity index (χ1n) is 6.98. The Morgan fingerprint density at radius 1 is 1.30 bits per heavy atom. The number of halogens is 1. The van der Waals surface area contributed by atoms with Crippen LogP contribution in [0.25, 0.3) is 0 Å². The molecule has 1 aliphatic heterocycles. The van der Waals surface area contributed by atoms with E-state index in [1.54, 1.807) is 0 Å². The van der Waals surface area contributed by atoms with Gasteiger partial charge in [-0.15, -0.1) is 0 Å². The van der Waals surface area contributed by atoms with Crippen molar-refractivity contribution in [2.45, 2.75) is 25.9 Å². The van der Waals surface area contributed by atoms with E-state index in [2.05, 4.69) is 31.5 Å². The van der Waals surface area contributed by atoms with Gasteiger partial charge in [0.15, 0.2) is 0 Å². The van der Waals surface area contributed by atoms with E-state index in [9.17, 15) is 4.79 Å². The first kappa shape index (κ1) is 15.5. The summed E-state index contributed by atoms with van der Waals surface area (Å²) in [6.07, 6.45) is 0. The summed E-state index contributed by atoms with van der Waals surface area (Å²) in [6, 6.07) is 8.01. The molecule has 0 aliphatic carbocycles. The van der Waals surface area contributed by atoms with Gasteiger partial charge in [-0.1, -0.05) is 28.1 Å². The molecule has 1 fully saturated rings. The Morgan fingerprint density at radius 2 is 1.90 bits per heavy atom. The largest absolute Gasteiger partial charge is 0.350 e. The van der Waals surface area contributed by atoms with Gasteiger partial charge in [0.2, 0.25) is 5.91 Å². The Hall–Kier alpha value is -0.910. The zero-order chi connectivity index (χ0) is 14.6. The predicted molar refractivity (Wildman–Crippen MR) is 84.5 cm³/mol. The molecule has 0 aromatic heterocycles. The zero-order valence-electron chi connectivity index (χ0n) is 12.1. The summed E-state index contributed by atoms with van der Waals surface area (Å²) in [5.41, 5.74) is 0.648. The number of nitrogens with one attached hydrogen (secondary N) is 2. The molecule has 0 radical (unpaired) electrons. The molecule has 0 spiro atoms. The van der Waals surface area contributed by atoms with Gasteiger partial charge < -0.3 is 10.6 Å². The van der Waals surface area contributed by atoms with Gasteiger partial charge in [0.1, 0.15) is 0 Å². The van der Waals surface area contributed by atoms with E-state index < -0.39 is 5.54 Å². The predicted octanol–water partition coefficient (Wildman–Crippen LogP) is 1.75. The number of amides is 1. The Bertz CT molecular complexity index is 453. The average Bonchev–Trinajstić information content (AvgIpc) is 2.47. The van der Waals surface area contributed by atoms with Crippen molar-refractivity contribution in [1.82, 2.24) is 15.5 Å². The number of rotatable bonds is 4. The van der Waals surface area contributed by atoms with Crippen LogP contribution >= 0.6 is 15.9 Å². The van der Waals surface area contributed by atoms with Crippen LogP contribution in [0.3, 0.4) is 0 Å². The first-order valence-corrected chi connectivity index (χ1v) is 7.78. The van der Waals surface area contributed by atoms with E-state index in [1.807, 2.05) is 38.1 Å². The maximum atomic E-state index is 12.4. The molecule has 1 aromatic rings. The molecule has 0 unspecified atom stereocenters. The monoisotopic (exact) mass is 339 g/mol. The maximum absolute atomic E-state index is 12.4. The highest BCUT2D eigenvalue weighted by Crippen LogP contribution is 2.16. The van der Waals surface area contributed by atoms with Crippen LogP contribution in [0.4, 0.5) is 0 Å². The molecule has 1 saturated heterocycles. The minimum Gasteiger partial charge on any atom is -0.350 e. The lowest BCUT2D eigenvalue weighted by Gasteiger charge is -2.39. The fourth-order valence-corrected chi connectivity index (χ4v) is 2.63. The van der Waals surface area contributed by atoms with Crippen LogP contribution in [0.2, 0.25) is 0 Å². The molecule has 5 heteroatoms. The van der Waals surface area contributed by atoms with Crippen LogP contribution in [-0.4, -0.2) is 42.5 Å². The summed E-state index contributed by atoms with van der Waals surface area (Å²) in [7, 11) is 0. The Morgan fingerprint density at radius 3 is 2.50 bits per heavy atom. The normalized spacial score (nSPS) is 16.9. The van der Waals surface area contributed by atoms with Gasteiger partial charge in [-0.2, -0.15) is 0 Å². The van der Waals surface area contributed by atoms with E-state index in [4.69, 9.17) is 0 Å². The summed E-state index contributed by atoms with van der Waals surface area (Å²) in [4.78, 5) is 14.7. The lowest BCUT2D eigenvalue weighted by atomic mass is 10.0. The number of benzene rings is 1. The minimum atomic E-state index is -0.461. The molecule has 1 aromatic carbocycles. The summed E-state index contributed by atoms with van der Waals surface area (Å²) in [5, 5.41) is 6.35. The third kappa shape index (κ3) is 3.81. The highest BCUT2D eigenvalue weighted by Gasteiger charge is 2.34. The molecule has 1 heterocycles. The van der Waals surface area contributed by atoms with Crippen molar-refractivity contribution in [1.29, 1.82) is 0 Å². The minimum absolute atomic E-state index is 0.0855. The second-order valence-corrected chi connectivity index (χ2v) is 6.52. The summed E-state index contributed by atoms with van der Waals surface area (Å²) >= 11 is 3.41. The van der Waals surface area contributed by atoms with E-state index in [0.717, 1.165) is 36.2 Å². The van der Waals surface area contributed by atoms with E-state index in [1.165, 1.54) is 0 Å². The number of nitrogens with zero attached hydrogens (tertiary/aromatic N) is 1. The topological polar surface area (TPSA) is 44.4 Å². The number of carbonyl (C=O) groups is 1. The van der Waals surface area contributed by atoms with Crippen LogP contribution in [0.1, 0.15) is 19.4 Å². The van der Waals surface area contributed by atoms with Crippen LogP contribution < -0.4 is 10.6 Å². The van der Waals surface area contributed by atoms with Crippen molar-refractivity contribution >= 4 is 21.8 Å². The molecule has 1 aliphatic rings. The average molecular weight is 340 g/mol. The Balaban J connectivity index is 1.91. The summed E-state index contributed by atoms with van der Waals surface area (Å²) in [6.45, 7) is 8.29. The van der Waals surface area contributed by atoms with E-state index in [-0.39, 0.29) is 5.91 Å². The van der Waals surface area contributed by atoms with Crippen molar-refractivity contribution in [2.24, 2.45) is 0 Å². The number of piperazine rings is 1. The zero-order valence-corrected chi connectivity index (χ0v) is 13.7. The number of hydrogen-bond donors (Lipinski definition) is 2. The molecule has 2 rings (SSSR count). The van der Waals surface area contributed by atoms with Gasteiger partial charge in [0.25, 0.3) is 0 Å². The maximum Gasteiger partial charge on any atom is 0.240 e. The molecule has 2 N–H and O–H groups in total. The Kier molecular flexibility index (Phi) is 5.18. The summed E-state index contributed by atoms with van der Waals surface area (Å²) in [5.74, 6) is 0.0855. The first-order chi connectivity index (χ1) is 9.50. The Labute approximate surface area is 129 Å². The van der Waals surface area contributed by atoms with Crippen molar-refractivity contribution in [3.8, 4) is 0 Å². The third-order valence-corrected chi connectivity index (χ3v) is 4.36. The van der Waals surface area contributed by atoms with Gasteiger partial charge in [0.05, 0.1) is 5.54 Å². The fourth-order valence-electron chi connectivity index (χ4n) is 2.37. The van der Waals surface area contributed by atoms with E-state index in [0.29, 0.717) is 6.54 Å². The molecule has 0 bridgehead atoms. The standard InChI is InChI=1S/C15H22BrN3O/c1-15(2,19-9-7-17-8-10-19)14(20)18-11-12-3-5-13(16)6-4-12/h3-6,17H,7-11H2,1-2H3,(H,18,20). The van der Waals surface area contributed by atoms with Gasteiger partial charge in [-0.05, 0) is 31.5 Å². The highest BCUT2D eigenvalue weighted by molar-refractivity contribution is 9.10. The van der Waals surface area contributed by atoms with Gasteiger partial charge >= 0.3 is 0 Å². The van der Waals surface area contributed by atoms with Crippen molar-refractivity contribution in [2.75, 3.05) is 26.2 Å². The van der Waals surface area contributed by atoms with Crippen LogP contribution in [0.5, 0.6) is 0 Å². The molecule has 20 heavy (non-hydrogen) atoms. The van der Waals surface area contributed by atoms with Crippen LogP contribution in [-0.2, 0) is 11.3 Å². The second kappa shape index (κ2) is 6.70. The molecule has 4 nitrogen and oxygen atoms in total. The van der Waals surface area contributed by atoms with Gasteiger partial charge in [-0.3, -0.25) is 9.69 Å². The van der Waals surface area contributed by atoms with E-state index >= 15 is 0 Å². The quantitative estimate of drug-likeness (QED) is 0.878. The summed E-state index contributed by atoms with van der Waals surface area (Å²) < 4.78 is 1.05. The van der Waals surface area contributed by atoms with Gasteiger partial charge in [-0.25, -0.2) is 0 Å². The second-order valence-electron chi connectivity index (χ2n) is 5.61. The van der Waals surface area contributed by atoms with Gasteiger partial charge in [0, 0.05) is 37.2 Å². The van der Waals surface area contributed by atoms with Crippen LogP contribution in [0, 0.1) is 0 Å². The number of carbonyl (C=O) groups excluding carboxylic acids is 1. The smallest absolute Gasteiger partial charge is 0.240 e. The van der Waals surface area contributed by atoms with Crippen molar-refractivity contribution < 1.29 is 4.79 Å². The lowest BCUT2D eigenvalue weighted by molar-refractivity contribution is -0.132. The highest BCUT2D eigenvalue weighted by atomic mass is 79.9. The molecular weight excluding hydrogens is 318 g/mol. The van der Waals surface area contributed by atoms with Crippen molar-refractivity contribution in [3.05, 3.63) is 34.3 Å². The molecule has 0 saturated carbocycles. The SMILES string of the molecule is CC(C)(C(=O)NCc1ccc(Br)cc1)N1CCNCC1. The number of hydrogen-bond acceptors (Lipinski definition) is 3. The molecule has 1 amide bonds.